The molecule has 1 fully saturated rings. The van der Waals surface area contributed by atoms with Gasteiger partial charge in [0.1, 0.15) is 11.6 Å². The first-order valence-electron chi connectivity index (χ1n) is 11.0. The van der Waals surface area contributed by atoms with Gasteiger partial charge in [0.2, 0.25) is 0 Å². The summed E-state index contributed by atoms with van der Waals surface area (Å²) in [5, 5.41) is 3.60. The number of amides is 1. The Hall–Kier alpha value is -2.48. The molecule has 0 aliphatic carbocycles. The highest BCUT2D eigenvalue weighted by Gasteiger charge is 2.25. The number of methoxy groups -OCH3 is 2. The van der Waals surface area contributed by atoms with Crippen LogP contribution in [0.5, 0.6) is 5.75 Å². The third-order valence-electron chi connectivity index (χ3n) is 6.05. The van der Waals surface area contributed by atoms with Crippen molar-refractivity contribution in [1.29, 1.82) is 0 Å². The molecule has 1 aromatic heterocycles. The van der Waals surface area contributed by atoms with Crippen LogP contribution in [0.15, 0.2) is 42.5 Å². The summed E-state index contributed by atoms with van der Waals surface area (Å²) >= 11 is 1.31. The van der Waals surface area contributed by atoms with E-state index in [1.54, 1.807) is 20.3 Å². The van der Waals surface area contributed by atoms with Crippen LogP contribution < -0.4 is 10.1 Å². The number of halogens is 1. The van der Waals surface area contributed by atoms with E-state index in [-0.39, 0.29) is 24.4 Å². The number of likely N-dealkylation sites (tertiary alicyclic amines) is 1. The van der Waals surface area contributed by atoms with Crippen LogP contribution in [0.25, 0.3) is 10.1 Å². The summed E-state index contributed by atoms with van der Waals surface area (Å²) < 4.78 is 25.8. The summed E-state index contributed by atoms with van der Waals surface area (Å²) in [6.07, 6.45) is 3.56. The number of piperidine rings is 1. The molecule has 7 heteroatoms. The Balaban J connectivity index is 1.58. The number of nitrogens with zero attached hydrogens (tertiary/aromatic N) is 1. The van der Waals surface area contributed by atoms with E-state index < -0.39 is 0 Å². The molecule has 1 aliphatic heterocycles. The number of rotatable bonds is 8. The lowest BCUT2D eigenvalue weighted by Crippen LogP contribution is -2.40. The summed E-state index contributed by atoms with van der Waals surface area (Å²) in [5.74, 6) is 0.300. The molecule has 1 unspecified atom stereocenters. The van der Waals surface area contributed by atoms with Gasteiger partial charge in [-0.2, -0.15) is 0 Å². The van der Waals surface area contributed by atoms with Crippen molar-refractivity contribution < 1.29 is 18.7 Å². The van der Waals surface area contributed by atoms with Gasteiger partial charge in [-0.25, -0.2) is 4.39 Å². The van der Waals surface area contributed by atoms with Crippen LogP contribution in [-0.4, -0.2) is 44.7 Å². The van der Waals surface area contributed by atoms with E-state index in [0.29, 0.717) is 22.4 Å². The molecule has 0 saturated carbocycles. The number of nitrogens with one attached hydrogen (secondary N) is 1. The number of benzene rings is 2. The number of thiophene rings is 1. The first kappa shape index (κ1) is 22.7. The van der Waals surface area contributed by atoms with Crippen molar-refractivity contribution in [2.24, 2.45) is 0 Å². The van der Waals surface area contributed by atoms with Crippen LogP contribution in [0.1, 0.15) is 46.1 Å². The highest BCUT2D eigenvalue weighted by molar-refractivity contribution is 7.21. The Morgan fingerprint density at radius 2 is 1.88 bits per heavy atom. The summed E-state index contributed by atoms with van der Waals surface area (Å²) in [4.78, 5) is 16.2. The molecular formula is C25H29FN2O3S. The minimum absolute atomic E-state index is 0.0714. The van der Waals surface area contributed by atoms with Gasteiger partial charge >= 0.3 is 0 Å². The van der Waals surface area contributed by atoms with Crippen molar-refractivity contribution >= 4 is 27.3 Å². The van der Waals surface area contributed by atoms with Crippen molar-refractivity contribution in [1.82, 2.24) is 10.2 Å². The predicted molar refractivity (Wildman–Crippen MR) is 126 cm³/mol. The van der Waals surface area contributed by atoms with Crippen molar-refractivity contribution in [3.63, 3.8) is 0 Å². The van der Waals surface area contributed by atoms with E-state index >= 15 is 0 Å². The van der Waals surface area contributed by atoms with Gasteiger partial charge in [0.25, 0.3) is 5.91 Å². The van der Waals surface area contributed by atoms with Gasteiger partial charge in [-0.1, -0.05) is 24.6 Å². The van der Waals surface area contributed by atoms with Gasteiger partial charge in [-0.3, -0.25) is 9.69 Å². The summed E-state index contributed by atoms with van der Waals surface area (Å²) in [6, 6.07) is 13.0. The first-order chi connectivity index (χ1) is 15.6. The smallest absolute Gasteiger partial charge is 0.261 e. The minimum Gasteiger partial charge on any atom is -0.497 e. The Labute approximate surface area is 192 Å². The van der Waals surface area contributed by atoms with E-state index in [1.807, 2.05) is 18.2 Å². The molecule has 4 rings (SSSR count). The maximum atomic E-state index is 14.5. The number of hydrogen-bond acceptors (Lipinski definition) is 5. The summed E-state index contributed by atoms with van der Waals surface area (Å²) in [5.41, 5.74) is 1.76. The minimum atomic E-state index is -0.325. The average Bonchev–Trinajstić information content (AvgIpc) is 3.20. The molecule has 3 aromatic rings. The second kappa shape index (κ2) is 10.4. The molecule has 1 saturated heterocycles. The molecular weight excluding hydrogens is 427 g/mol. The van der Waals surface area contributed by atoms with Gasteiger partial charge in [-0.05, 0) is 55.8 Å². The van der Waals surface area contributed by atoms with Crippen LogP contribution in [-0.2, 0) is 11.3 Å². The molecule has 2 aromatic carbocycles. The van der Waals surface area contributed by atoms with E-state index in [9.17, 15) is 9.18 Å². The number of hydrogen-bond donors (Lipinski definition) is 1. The largest absolute Gasteiger partial charge is 0.497 e. The summed E-state index contributed by atoms with van der Waals surface area (Å²) in [7, 11) is 3.21. The molecule has 0 radical (unpaired) electrons. The quantitative estimate of drug-likeness (QED) is 0.509. The molecule has 170 valence electrons. The lowest BCUT2D eigenvalue weighted by Gasteiger charge is -2.35. The standard InChI is InChI=1S/C25H29FN2O3S/c1-30-16-19-23-20(26)7-6-8-22(23)32-24(19)25(29)27-15-21(28-13-4-3-5-14-28)17-9-11-18(31-2)12-10-17/h6-12,21H,3-5,13-16H2,1-2H3,(H,27,29). The maximum Gasteiger partial charge on any atom is 0.261 e. The van der Waals surface area contributed by atoms with Gasteiger partial charge in [0, 0.05) is 29.3 Å². The molecule has 2 heterocycles. The molecule has 1 amide bonds. The second-order valence-corrected chi connectivity index (χ2v) is 9.10. The van der Waals surface area contributed by atoms with Crippen LogP contribution in [0.3, 0.4) is 0 Å². The topological polar surface area (TPSA) is 50.8 Å². The normalized spacial score (nSPS) is 15.6. The molecule has 0 bridgehead atoms. The molecule has 1 atom stereocenters. The van der Waals surface area contributed by atoms with E-state index in [0.717, 1.165) is 41.9 Å². The third-order valence-corrected chi connectivity index (χ3v) is 7.24. The van der Waals surface area contributed by atoms with Crippen molar-refractivity contribution in [3.05, 3.63) is 64.3 Å². The molecule has 0 spiro atoms. The Kier molecular flexibility index (Phi) is 7.40. The average molecular weight is 457 g/mol. The van der Waals surface area contributed by atoms with Gasteiger partial charge in [0.05, 0.1) is 24.6 Å². The number of carbonyl (C=O) groups excluding carboxylic acids is 1. The molecule has 1 N–H and O–H groups in total. The Bertz CT molecular complexity index is 1060. The van der Waals surface area contributed by atoms with Crippen LogP contribution >= 0.6 is 11.3 Å². The van der Waals surface area contributed by atoms with E-state index in [4.69, 9.17) is 9.47 Å². The lowest BCUT2D eigenvalue weighted by molar-refractivity contribution is 0.0924. The molecule has 32 heavy (non-hydrogen) atoms. The zero-order valence-corrected chi connectivity index (χ0v) is 19.3. The zero-order valence-electron chi connectivity index (χ0n) is 18.5. The Morgan fingerprint density at radius 1 is 1.12 bits per heavy atom. The monoisotopic (exact) mass is 456 g/mol. The van der Waals surface area contributed by atoms with Crippen LogP contribution in [0, 0.1) is 5.82 Å². The van der Waals surface area contributed by atoms with Gasteiger partial charge < -0.3 is 14.8 Å². The fourth-order valence-electron chi connectivity index (χ4n) is 4.42. The third kappa shape index (κ3) is 4.80. The predicted octanol–water partition coefficient (Wildman–Crippen LogP) is 5.15. The van der Waals surface area contributed by atoms with Crippen LogP contribution in [0.2, 0.25) is 0 Å². The maximum absolute atomic E-state index is 14.5. The fourth-order valence-corrected chi connectivity index (χ4v) is 5.55. The van der Waals surface area contributed by atoms with Gasteiger partial charge in [0.15, 0.2) is 0 Å². The van der Waals surface area contributed by atoms with Crippen molar-refractivity contribution in [2.45, 2.75) is 31.9 Å². The number of fused-ring (bicyclic) bond motifs is 1. The second-order valence-electron chi connectivity index (χ2n) is 8.05. The SMILES string of the molecule is COCc1c(C(=O)NCC(c2ccc(OC)cc2)N2CCCCC2)sc2cccc(F)c12. The zero-order chi connectivity index (χ0) is 22.5. The molecule has 1 aliphatic rings. The first-order valence-corrected chi connectivity index (χ1v) is 11.8. The lowest BCUT2D eigenvalue weighted by atomic mass is 10.0. The summed E-state index contributed by atoms with van der Waals surface area (Å²) in [6.45, 7) is 2.69. The van der Waals surface area contributed by atoms with E-state index in [1.165, 1.54) is 23.8 Å². The molecule has 5 nitrogen and oxygen atoms in total. The Morgan fingerprint density at radius 3 is 2.56 bits per heavy atom. The highest BCUT2D eigenvalue weighted by Crippen LogP contribution is 2.34. The van der Waals surface area contributed by atoms with E-state index in [2.05, 4.69) is 22.3 Å². The number of carbonyl (C=O) groups is 1. The number of ether oxygens (including phenoxy) is 2. The fraction of sp³-hybridized carbons (Fsp3) is 0.400. The highest BCUT2D eigenvalue weighted by atomic mass is 32.1. The van der Waals surface area contributed by atoms with Crippen LogP contribution in [0.4, 0.5) is 4.39 Å². The van der Waals surface area contributed by atoms with Crippen molar-refractivity contribution in [3.8, 4) is 5.75 Å². The van der Waals surface area contributed by atoms with Crippen molar-refractivity contribution in [2.75, 3.05) is 33.9 Å². The van der Waals surface area contributed by atoms with Gasteiger partial charge in [-0.15, -0.1) is 11.3 Å².